The first-order valence-electron chi connectivity index (χ1n) is 8.83. The Labute approximate surface area is 161 Å². The Morgan fingerprint density at radius 2 is 2.14 bits per heavy atom. The highest BCUT2D eigenvalue weighted by atomic mass is 16.5. The summed E-state index contributed by atoms with van der Waals surface area (Å²) < 4.78 is 9.85. The molecular weight excluding hydrogens is 366 g/mol. The van der Waals surface area contributed by atoms with Gasteiger partial charge in [-0.25, -0.2) is 0 Å². The quantitative estimate of drug-likeness (QED) is 0.680. The molecule has 0 fully saturated rings. The summed E-state index contributed by atoms with van der Waals surface area (Å²) in [7, 11) is 1.53. The minimum absolute atomic E-state index is 0.00758. The van der Waals surface area contributed by atoms with Gasteiger partial charge in [0.1, 0.15) is 13.2 Å². The fraction of sp³-hybridized carbons (Fsp3) is 0.389. The number of fused-ring (bicyclic) bond motifs is 1. The molecule has 10 heteroatoms. The number of carbonyl (C=O) groups excluding carboxylic acids is 3. The predicted molar refractivity (Wildman–Crippen MR) is 98.4 cm³/mol. The molecule has 0 unspecified atom stereocenters. The molecule has 10 nitrogen and oxygen atoms in total. The van der Waals surface area contributed by atoms with Crippen LogP contribution in [-0.4, -0.2) is 48.1 Å². The lowest BCUT2D eigenvalue weighted by atomic mass is 10.1. The molecule has 0 aliphatic carbocycles. The summed E-state index contributed by atoms with van der Waals surface area (Å²) in [5, 5.41) is 9.22. The highest BCUT2D eigenvalue weighted by molar-refractivity contribution is 6.10. The zero-order chi connectivity index (χ0) is 19.9. The first-order valence-corrected chi connectivity index (χ1v) is 8.83. The zero-order valence-corrected chi connectivity index (χ0v) is 15.4. The van der Waals surface area contributed by atoms with Crippen LogP contribution in [0.15, 0.2) is 28.8 Å². The van der Waals surface area contributed by atoms with Crippen LogP contribution in [0.4, 0.5) is 11.4 Å². The number of hydrogen-bond acceptors (Lipinski definition) is 7. The molecule has 1 aliphatic heterocycles. The Balaban J connectivity index is 1.44. The Morgan fingerprint density at radius 3 is 2.96 bits per heavy atom. The first-order chi connectivity index (χ1) is 13.6. The highest BCUT2D eigenvalue weighted by Gasteiger charge is 2.26. The van der Waals surface area contributed by atoms with Crippen LogP contribution in [0.3, 0.4) is 0 Å². The zero-order valence-electron chi connectivity index (χ0n) is 15.4. The minimum atomic E-state index is -0.278. The van der Waals surface area contributed by atoms with E-state index in [4.69, 9.17) is 9.26 Å². The van der Waals surface area contributed by atoms with Crippen LogP contribution in [0.5, 0.6) is 0 Å². The summed E-state index contributed by atoms with van der Waals surface area (Å²) in [4.78, 5) is 41.8. The van der Waals surface area contributed by atoms with Crippen LogP contribution in [0.2, 0.25) is 0 Å². The predicted octanol–water partition coefficient (Wildman–Crippen LogP) is 0.640. The Kier molecular flexibility index (Phi) is 6.33. The summed E-state index contributed by atoms with van der Waals surface area (Å²) in [6, 6.07) is 7.06. The number of hydrogen-bond donors (Lipinski definition) is 2. The van der Waals surface area contributed by atoms with Crippen molar-refractivity contribution in [3.63, 3.8) is 0 Å². The highest BCUT2D eigenvalue weighted by Crippen LogP contribution is 2.29. The van der Waals surface area contributed by atoms with E-state index >= 15 is 0 Å². The summed E-state index contributed by atoms with van der Waals surface area (Å²) in [5.41, 5.74) is 1.22. The van der Waals surface area contributed by atoms with Gasteiger partial charge in [-0.15, -0.1) is 0 Å². The Bertz CT molecular complexity index is 866. The Hall–Kier alpha value is -3.27. The van der Waals surface area contributed by atoms with E-state index in [0.29, 0.717) is 36.1 Å². The molecule has 0 spiro atoms. The smallest absolute Gasteiger partial charge is 0.252 e. The number of carbonyl (C=O) groups is 3. The second kappa shape index (κ2) is 9.09. The molecule has 2 aromatic rings. The molecule has 148 valence electrons. The van der Waals surface area contributed by atoms with Gasteiger partial charge in [-0.1, -0.05) is 17.3 Å². The van der Waals surface area contributed by atoms with Crippen molar-refractivity contribution in [1.82, 2.24) is 15.5 Å². The number of methoxy groups -OCH3 is 1. The summed E-state index contributed by atoms with van der Waals surface area (Å²) >= 11 is 0. The van der Waals surface area contributed by atoms with Crippen molar-refractivity contribution in [2.45, 2.75) is 25.9 Å². The van der Waals surface area contributed by atoms with Crippen LogP contribution >= 0.6 is 0 Å². The molecule has 3 amide bonds. The van der Waals surface area contributed by atoms with Gasteiger partial charge in [0.25, 0.3) is 5.89 Å². The van der Waals surface area contributed by atoms with E-state index in [2.05, 4.69) is 20.8 Å². The molecule has 0 saturated carbocycles. The van der Waals surface area contributed by atoms with E-state index in [1.165, 1.54) is 12.0 Å². The van der Waals surface area contributed by atoms with E-state index in [9.17, 15) is 14.4 Å². The second-order valence-electron chi connectivity index (χ2n) is 6.18. The molecule has 3 rings (SSSR count). The lowest BCUT2D eigenvalue weighted by Gasteiger charge is -2.29. The van der Waals surface area contributed by atoms with E-state index < -0.39 is 0 Å². The average molecular weight is 387 g/mol. The second-order valence-corrected chi connectivity index (χ2v) is 6.18. The molecule has 1 aliphatic rings. The molecule has 2 heterocycles. The van der Waals surface area contributed by atoms with Gasteiger partial charge in [0.05, 0.1) is 11.4 Å². The Morgan fingerprint density at radius 1 is 1.32 bits per heavy atom. The third-order valence-corrected chi connectivity index (χ3v) is 4.09. The van der Waals surface area contributed by atoms with Gasteiger partial charge in [0.15, 0.2) is 5.82 Å². The summed E-state index contributed by atoms with van der Waals surface area (Å²) in [5.74, 6) is 0.0487. The first kappa shape index (κ1) is 19.5. The molecule has 2 N–H and O–H groups in total. The van der Waals surface area contributed by atoms with Crippen molar-refractivity contribution >= 4 is 29.1 Å². The number of aromatic nitrogens is 2. The largest absolute Gasteiger partial charge is 0.375 e. The van der Waals surface area contributed by atoms with Crippen molar-refractivity contribution < 1.29 is 23.6 Å². The fourth-order valence-electron chi connectivity index (χ4n) is 2.79. The maximum absolute atomic E-state index is 12.5. The van der Waals surface area contributed by atoms with Crippen molar-refractivity contribution in [1.29, 1.82) is 0 Å². The summed E-state index contributed by atoms with van der Waals surface area (Å²) in [6.07, 6.45) is 0.445. The number of amides is 3. The van der Waals surface area contributed by atoms with Gasteiger partial charge in [0.2, 0.25) is 17.7 Å². The SMILES string of the molecule is COCc1nc(CCNC(=O)CCC(=O)N2CC(=O)Nc3ccccc32)no1. The number of rotatable bonds is 8. The number of nitrogens with zero attached hydrogens (tertiary/aromatic N) is 3. The van der Waals surface area contributed by atoms with Crippen LogP contribution < -0.4 is 15.5 Å². The van der Waals surface area contributed by atoms with Gasteiger partial charge in [-0.05, 0) is 12.1 Å². The molecule has 28 heavy (non-hydrogen) atoms. The molecular formula is C18H21N5O5. The minimum Gasteiger partial charge on any atom is -0.375 e. The van der Waals surface area contributed by atoms with Gasteiger partial charge < -0.3 is 24.8 Å². The van der Waals surface area contributed by atoms with E-state index in [0.717, 1.165) is 0 Å². The molecule has 0 saturated heterocycles. The van der Waals surface area contributed by atoms with Gasteiger partial charge in [-0.3, -0.25) is 14.4 Å². The number of benzene rings is 1. The molecule has 0 radical (unpaired) electrons. The van der Waals surface area contributed by atoms with E-state index in [1.54, 1.807) is 24.3 Å². The van der Waals surface area contributed by atoms with Crippen molar-refractivity contribution in [3.05, 3.63) is 36.0 Å². The monoisotopic (exact) mass is 387 g/mol. The third kappa shape index (κ3) is 4.92. The van der Waals surface area contributed by atoms with Crippen molar-refractivity contribution in [3.8, 4) is 0 Å². The van der Waals surface area contributed by atoms with Gasteiger partial charge in [0, 0.05) is 32.9 Å². The van der Waals surface area contributed by atoms with E-state index in [1.807, 2.05) is 0 Å². The normalized spacial score (nSPS) is 13.0. The topological polar surface area (TPSA) is 127 Å². The van der Waals surface area contributed by atoms with Gasteiger partial charge in [-0.2, -0.15) is 4.98 Å². The number of nitrogens with one attached hydrogen (secondary N) is 2. The number of anilines is 2. The van der Waals surface area contributed by atoms with Crippen molar-refractivity contribution in [2.75, 3.05) is 30.4 Å². The van der Waals surface area contributed by atoms with Crippen LogP contribution in [0, 0.1) is 0 Å². The molecule has 0 atom stereocenters. The maximum Gasteiger partial charge on any atom is 0.252 e. The van der Waals surface area contributed by atoms with Crippen LogP contribution in [-0.2, 0) is 32.1 Å². The average Bonchev–Trinajstić information content (AvgIpc) is 3.13. The lowest BCUT2D eigenvalue weighted by Crippen LogP contribution is -2.42. The number of para-hydroxylation sites is 2. The standard InChI is InChI=1S/C18H21N5O5/c1-27-11-17-21-14(22-28-17)8-9-19-15(24)6-7-18(26)23-10-16(25)20-12-4-2-3-5-13(12)23/h2-5H,6-11H2,1H3,(H,19,24)(H,20,25). The van der Waals surface area contributed by atoms with Crippen LogP contribution in [0.25, 0.3) is 0 Å². The molecule has 1 aromatic carbocycles. The van der Waals surface area contributed by atoms with E-state index in [-0.39, 0.29) is 43.7 Å². The lowest BCUT2D eigenvalue weighted by molar-refractivity contribution is -0.125. The van der Waals surface area contributed by atoms with Crippen molar-refractivity contribution in [2.24, 2.45) is 0 Å². The molecule has 1 aromatic heterocycles. The summed E-state index contributed by atoms with van der Waals surface area (Å²) in [6.45, 7) is 0.506. The third-order valence-electron chi connectivity index (χ3n) is 4.09. The van der Waals surface area contributed by atoms with Crippen LogP contribution in [0.1, 0.15) is 24.6 Å². The molecule has 0 bridgehead atoms. The van der Waals surface area contributed by atoms with Gasteiger partial charge >= 0.3 is 0 Å². The maximum atomic E-state index is 12.5. The number of ether oxygens (including phenoxy) is 1. The fourth-order valence-corrected chi connectivity index (χ4v) is 2.79.